The molecule has 2 aliphatic rings. The second-order valence-electron chi connectivity index (χ2n) is 7.02. The Balaban J connectivity index is 1.39. The van der Waals surface area contributed by atoms with Crippen LogP contribution in [0.2, 0.25) is 10.0 Å². The fourth-order valence-electron chi connectivity index (χ4n) is 3.45. The molecule has 1 fully saturated rings. The van der Waals surface area contributed by atoms with E-state index in [4.69, 9.17) is 32.7 Å². The Hall–Kier alpha value is -2.00. The first-order valence-electron chi connectivity index (χ1n) is 9.46. The number of carbonyl (C=O) groups is 1. The van der Waals surface area contributed by atoms with Crippen molar-refractivity contribution in [3.63, 3.8) is 0 Å². The molecule has 0 bridgehead atoms. The molecule has 0 atom stereocenters. The van der Waals surface area contributed by atoms with Crippen LogP contribution < -0.4 is 9.47 Å². The van der Waals surface area contributed by atoms with Gasteiger partial charge in [-0.2, -0.15) is 4.31 Å². The summed E-state index contributed by atoms with van der Waals surface area (Å²) in [6, 6.07) is 9.71. The van der Waals surface area contributed by atoms with Gasteiger partial charge >= 0.3 is 0 Å². The largest absolute Gasteiger partial charge is 0.486 e. The molecular weight excluding hydrogens is 451 g/mol. The minimum atomic E-state index is -3.69. The number of ether oxygens (including phenoxy) is 2. The van der Waals surface area contributed by atoms with E-state index in [9.17, 15) is 13.2 Å². The first kappa shape index (κ1) is 21.2. The zero-order chi connectivity index (χ0) is 21.3. The van der Waals surface area contributed by atoms with Crippen LogP contribution in [-0.2, 0) is 21.2 Å². The summed E-state index contributed by atoms with van der Waals surface area (Å²) < 4.78 is 38.3. The third-order valence-corrected chi connectivity index (χ3v) is 7.72. The maximum absolute atomic E-state index is 13.0. The average molecular weight is 471 g/mol. The average Bonchev–Trinajstić information content (AvgIpc) is 2.76. The number of carbonyl (C=O) groups excluding carboxylic acids is 1. The Morgan fingerprint density at radius 2 is 1.60 bits per heavy atom. The molecule has 7 nitrogen and oxygen atoms in total. The monoisotopic (exact) mass is 470 g/mol. The van der Waals surface area contributed by atoms with Crippen molar-refractivity contribution in [2.24, 2.45) is 0 Å². The van der Waals surface area contributed by atoms with Crippen molar-refractivity contribution in [2.75, 3.05) is 39.4 Å². The third-order valence-electron chi connectivity index (χ3n) is 5.08. The van der Waals surface area contributed by atoms with E-state index in [0.29, 0.717) is 47.8 Å². The van der Waals surface area contributed by atoms with Crippen LogP contribution in [0.15, 0.2) is 41.3 Å². The standard InChI is InChI=1S/C20H20Cl2N2O5S/c21-16-3-1-14(11-17(16)22)12-20(25)23-5-7-24(8-6-23)30(26,27)15-2-4-18-19(13-15)29-10-9-28-18/h1-4,11,13H,5-10,12H2. The van der Waals surface area contributed by atoms with E-state index in [2.05, 4.69) is 0 Å². The van der Waals surface area contributed by atoms with Gasteiger partial charge in [0.1, 0.15) is 13.2 Å². The van der Waals surface area contributed by atoms with Crippen molar-refractivity contribution in [3.05, 3.63) is 52.0 Å². The van der Waals surface area contributed by atoms with Crippen LogP contribution in [-0.4, -0.2) is 62.9 Å². The highest BCUT2D eigenvalue weighted by Gasteiger charge is 2.31. The second kappa shape index (κ2) is 8.63. The predicted molar refractivity (Wildman–Crippen MR) is 113 cm³/mol. The van der Waals surface area contributed by atoms with E-state index in [1.807, 2.05) is 0 Å². The van der Waals surface area contributed by atoms with Crippen LogP contribution in [0.1, 0.15) is 5.56 Å². The van der Waals surface area contributed by atoms with Gasteiger partial charge in [0.25, 0.3) is 0 Å². The molecule has 0 aliphatic carbocycles. The molecule has 2 aromatic rings. The minimum absolute atomic E-state index is 0.0789. The number of amides is 1. The fraction of sp³-hybridized carbons (Fsp3) is 0.350. The van der Waals surface area contributed by atoms with E-state index in [-0.39, 0.29) is 30.3 Å². The summed E-state index contributed by atoms with van der Waals surface area (Å²) in [6.45, 7) is 1.93. The van der Waals surface area contributed by atoms with Gasteiger partial charge in [-0.25, -0.2) is 8.42 Å². The lowest BCUT2D eigenvalue weighted by Crippen LogP contribution is -2.50. The van der Waals surface area contributed by atoms with Crippen molar-refractivity contribution >= 4 is 39.1 Å². The number of nitrogens with zero attached hydrogens (tertiary/aromatic N) is 2. The predicted octanol–water partition coefficient (Wildman–Crippen LogP) is 2.84. The van der Waals surface area contributed by atoms with Crippen LogP contribution in [0, 0.1) is 0 Å². The van der Waals surface area contributed by atoms with Crippen molar-refractivity contribution < 1.29 is 22.7 Å². The minimum Gasteiger partial charge on any atom is -0.486 e. The Bertz CT molecular complexity index is 1070. The highest BCUT2D eigenvalue weighted by atomic mass is 35.5. The van der Waals surface area contributed by atoms with Crippen molar-refractivity contribution in [3.8, 4) is 11.5 Å². The van der Waals surface area contributed by atoms with Crippen LogP contribution in [0.3, 0.4) is 0 Å². The van der Waals surface area contributed by atoms with Crippen LogP contribution in [0.4, 0.5) is 0 Å². The lowest BCUT2D eigenvalue weighted by molar-refractivity contribution is -0.131. The maximum Gasteiger partial charge on any atom is 0.243 e. The third kappa shape index (κ3) is 4.37. The second-order valence-corrected chi connectivity index (χ2v) is 9.77. The van der Waals surface area contributed by atoms with E-state index < -0.39 is 10.0 Å². The molecule has 1 saturated heterocycles. The summed E-state index contributed by atoms with van der Waals surface area (Å²) in [5.41, 5.74) is 0.765. The van der Waals surface area contributed by atoms with Crippen molar-refractivity contribution in [1.29, 1.82) is 0 Å². The molecule has 2 aliphatic heterocycles. The number of benzene rings is 2. The number of piperazine rings is 1. The highest BCUT2D eigenvalue weighted by molar-refractivity contribution is 7.89. The molecule has 0 saturated carbocycles. The number of rotatable bonds is 4. The molecule has 0 N–H and O–H groups in total. The Kier molecular flexibility index (Phi) is 6.11. The zero-order valence-corrected chi connectivity index (χ0v) is 18.3. The molecule has 10 heteroatoms. The molecular formula is C20H20Cl2N2O5S. The molecule has 0 spiro atoms. The summed E-state index contributed by atoms with van der Waals surface area (Å²) in [4.78, 5) is 14.4. The molecule has 1 amide bonds. The summed E-state index contributed by atoms with van der Waals surface area (Å²) in [5.74, 6) is 0.889. The smallest absolute Gasteiger partial charge is 0.243 e. The van der Waals surface area contributed by atoms with Crippen LogP contribution >= 0.6 is 23.2 Å². The maximum atomic E-state index is 13.0. The number of halogens is 2. The molecule has 30 heavy (non-hydrogen) atoms. The normalized spacial score (nSPS) is 17.1. The van der Waals surface area contributed by atoms with Crippen molar-refractivity contribution in [1.82, 2.24) is 9.21 Å². The molecule has 0 radical (unpaired) electrons. The highest BCUT2D eigenvalue weighted by Crippen LogP contribution is 2.33. The first-order valence-corrected chi connectivity index (χ1v) is 11.7. The van der Waals surface area contributed by atoms with Crippen LogP contribution in [0.5, 0.6) is 11.5 Å². The molecule has 0 unspecified atom stereocenters. The van der Waals surface area contributed by atoms with Gasteiger partial charge in [-0.3, -0.25) is 4.79 Å². The van der Waals surface area contributed by atoms with E-state index in [0.717, 1.165) is 5.56 Å². The Labute approximate surface area is 185 Å². The molecule has 2 heterocycles. The van der Waals surface area contributed by atoms with Gasteiger partial charge in [0.2, 0.25) is 15.9 Å². The number of hydrogen-bond donors (Lipinski definition) is 0. The molecule has 0 aromatic heterocycles. The number of sulfonamides is 1. The molecule has 4 rings (SSSR count). The van der Waals surface area contributed by atoms with Crippen LogP contribution in [0.25, 0.3) is 0 Å². The quantitative estimate of drug-likeness (QED) is 0.686. The van der Waals surface area contributed by atoms with E-state index in [1.54, 1.807) is 29.2 Å². The van der Waals surface area contributed by atoms with Gasteiger partial charge in [-0.1, -0.05) is 29.3 Å². The number of hydrogen-bond acceptors (Lipinski definition) is 5. The van der Waals surface area contributed by atoms with Gasteiger partial charge in [-0.05, 0) is 29.8 Å². The lowest BCUT2D eigenvalue weighted by atomic mass is 10.1. The Morgan fingerprint density at radius 1 is 0.900 bits per heavy atom. The van der Waals surface area contributed by atoms with E-state index >= 15 is 0 Å². The summed E-state index contributed by atoms with van der Waals surface area (Å²) >= 11 is 11.9. The lowest BCUT2D eigenvalue weighted by Gasteiger charge is -2.34. The topological polar surface area (TPSA) is 76.2 Å². The van der Waals surface area contributed by atoms with Gasteiger partial charge < -0.3 is 14.4 Å². The molecule has 2 aromatic carbocycles. The van der Waals surface area contributed by atoms with Gasteiger partial charge in [-0.15, -0.1) is 0 Å². The van der Waals surface area contributed by atoms with E-state index in [1.165, 1.54) is 16.4 Å². The SMILES string of the molecule is O=C(Cc1ccc(Cl)c(Cl)c1)N1CCN(S(=O)(=O)c2ccc3c(c2)OCCO3)CC1. The summed E-state index contributed by atoms with van der Waals surface area (Å²) in [6.07, 6.45) is 0.186. The Morgan fingerprint density at radius 3 is 2.30 bits per heavy atom. The molecule has 160 valence electrons. The van der Waals surface area contributed by atoms with Gasteiger partial charge in [0, 0.05) is 32.2 Å². The zero-order valence-electron chi connectivity index (χ0n) is 16.0. The van der Waals surface area contributed by atoms with Gasteiger partial charge in [0.15, 0.2) is 11.5 Å². The summed E-state index contributed by atoms with van der Waals surface area (Å²) in [7, 11) is -3.69. The van der Waals surface area contributed by atoms with Gasteiger partial charge in [0.05, 0.1) is 21.4 Å². The number of fused-ring (bicyclic) bond motifs is 1. The van der Waals surface area contributed by atoms with Crippen molar-refractivity contribution in [2.45, 2.75) is 11.3 Å². The summed E-state index contributed by atoms with van der Waals surface area (Å²) in [5, 5.41) is 0.836. The fourth-order valence-corrected chi connectivity index (χ4v) is 5.21. The first-order chi connectivity index (χ1) is 14.3.